The maximum atomic E-state index is 15.0. The first-order chi connectivity index (χ1) is 23.4. The number of carboxylic acids is 1. The summed E-state index contributed by atoms with van der Waals surface area (Å²) in [5, 5.41) is 11.8. The molecule has 0 spiro atoms. The van der Waals surface area contributed by atoms with E-state index in [1.807, 2.05) is 4.72 Å². The van der Waals surface area contributed by atoms with Gasteiger partial charge in [-0.25, -0.2) is 33.2 Å². The van der Waals surface area contributed by atoms with Gasteiger partial charge in [0.2, 0.25) is 0 Å². The maximum absolute atomic E-state index is 15.0. The van der Waals surface area contributed by atoms with Crippen LogP contribution >= 0.6 is 0 Å². The van der Waals surface area contributed by atoms with Gasteiger partial charge in [0.1, 0.15) is 17.7 Å². The topological polar surface area (TPSA) is 204 Å². The minimum Gasteiger partial charge on any atom is -0.480 e. The van der Waals surface area contributed by atoms with E-state index >= 15 is 8.78 Å². The molecule has 49 heavy (non-hydrogen) atoms. The van der Waals surface area contributed by atoms with Crippen molar-refractivity contribution >= 4 is 38.5 Å². The number of carbonyl (C=O) groups excluding carboxylic acids is 1. The van der Waals surface area contributed by atoms with Gasteiger partial charge >= 0.3 is 5.97 Å². The van der Waals surface area contributed by atoms with E-state index in [4.69, 9.17) is 0 Å². The monoisotopic (exact) mass is 687 g/mol. The van der Waals surface area contributed by atoms with Crippen molar-refractivity contribution in [3.8, 4) is 17.1 Å². The Bertz CT molecular complexity index is 2390. The summed E-state index contributed by atoms with van der Waals surface area (Å²) in [7, 11) is -2.84. The third kappa shape index (κ3) is 6.57. The lowest BCUT2D eigenvalue weighted by Gasteiger charge is -2.16. The van der Waals surface area contributed by atoms with Crippen molar-refractivity contribution in [1.82, 2.24) is 39.6 Å². The smallest absolute Gasteiger partial charge is 0.326 e. The van der Waals surface area contributed by atoms with Gasteiger partial charge in [0.15, 0.2) is 10.9 Å². The van der Waals surface area contributed by atoms with Crippen molar-refractivity contribution in [2.75, 3.05) is 4.72 Å². The standard InChI is InChI=1S/C31H23F2N9O6S/c1-41-26-16-34-10-7-20(26)30(44)42(41)19-5-4-18(37-15-19)11-25(31(45)46)39-29(43)21-12-23(33)24(13-22(21)32)40-49(47,48)27-6-3-17(14-38-27)28-35-8-2-9-36-28/h2-10,12-16,25,40H,11H2,1H3,(H,39,43)(H,45,46)/t25-/m0/s1. The van der Waals surface area contributed by atoms with E-state index in [9.17, 15) is 27.9 Å². The molecule has 5 aromatic heterocycles. The highest BCUT2D eigenvalue weighted by Crippen LogP contribution is 2.24. The molecule has 1 aromatic carbocycles. The van der Waals surface area contributed by atoms with Crippen LogP contribution < -0.4 is 15.6 Å². The highest BCUT2D eigenvalue weighted by molar-refractivity contribution is 7.92. The van der Waals surface area contributed by atoms with Crippen molar-refractivity contribution in [2.45, 2.75) is 17.5 Å². The Morgan fingerprint density at radius 2 is 1.71 bits per heavy atom. The first kappa shape index (κ1) is 32.5. The molecule has 0 aliphatic rings. The molecule has 0 saturated heterocycles. The third-order valence-electron chi connectivity index (χ3n) is 7.32. The molecule has 1 amide bonds. The summed E-state index contributed by atoms with van der Waals surface area (Å²) in [6, 6.07) is 7.95. The lowest BCUT2D eigenvalue weighted by Crippen LogP contribution is -2.42. The number of fused-ring (bicyclic) bond motifs is 1. The summed E-state index contributed by atoms with van der Waals surface area (Å²) in [6.45, 7) is 0. The van der Waals surface area contributed by atoms with Crippen LogP contribution in [0, 0.1) is 11.6 Å². The second-order valence-electron chi connectivity index (χ2n) is 10.5. The van der Waals surface area contributed by atoms with Gasteiger partial charge in [-0.15, -0.1) is 0 Å². The fraction of sp³-hybridized carbons (Fsp3) is 0.0968. The zero-order valence-electron chi connectivity index (χ0n) is 25.2. The van der Waals surface area contributed by atoms with Crippen LogP contribution in [0.2, 0.25) is 0 Å². The average Bonchev–Trinajstić information content (AvgIpc) is 3.35. The number of rotatable bonds is 10. The van der Waals surface area contributed by atoms with Gasteiger partial charge in [0, 0.05) is 55.6 Å². The van der Waals surface area contributed by atoms with Gasteiger partial charge in [-0.1, -0.05) is 0 Å². The number of benzene rings is 1. The van der Waals surface area contributed by atoms with E-state index in [-0.39, 0.29) is 17.7 Å². The highest BCUT2D eigenvalue weighted by atomic mass is 32.2. The molecule has 6 aromatic rings. The van der Waals surface area contributed by atoms with Gasteiger partial charge in [0.05, 0.1) is 40.2 Å². The van der Waals surface area contributed by atoms with Crippen LogP contribution in [0.5, 0.6) is 0 Å². The summed E-state index contributed by atoms with van der Waals surface area (Å²) >= 11 is 0. The zero-order chi connectivity index (χ0) is 34.9. The molecule has 18 heteroatoms. The molecular weight excluding hydrogens is 664 g/mol. The number of aliphatic carboxylic acids is 1. The average molecular weight is 688 g/mol. The minimum atomic E-state index is -4.50. The Kier molecular flexibility index (Phi) is 8.62. The Balaban J connectivity index is 1.15. The van der Waals surface area contributed by atoms with E-state index in [1.165, 1.54) is 60.1 Å². The van der Waals surface area contributed by atoms with Crippen LogP contribution in [0.25, 0.3) is 28.0 Å². The fourth-order valence-electron chi connectivity index (χ4n) is 4.90. The Hall–Kier alpha value is -6.43. The van der Waals surface area contributed by atoms with Crippen LogP contribution in [0.1, 0.15) is 16.1 Å². The van der Waals surface area contributed by atoms with E-state index in [2.05, 4.69) is 30.2 Å². The third-order valence-corrected chi connectivity index (χ3v) is 8.60. The molecule has 0 fully saturated rings. The molecule has 0 aliphatic heterocycles. The minimum absolute atomic E-state index is 0.208. The maximum Gasteiger partial charge on any atom is 0.326 e. The molecule has 6 rings (SSSR count). The van der Waals surface area contributed by atoms with Gasteiger partial charge in [-0.2, -0.15) is 8.42 Å². The van der Waals surface area contributed by atoms with E-state index in [0.29, 0.717) is 40.1 Å². The number of nitrogens with zero attached hydrogens (tertiary/aromatic N) is 7. The summed E-state index contributed by atoms with van der Waals surface area (Å²) in [5.74, 6) is -5.11. The molecule has 248 valence electrons. The second-order valence-corrected chi connectivity index (χ2v) is 12.1. The number of nitrogens with one attached hydrogen (secondary N) is 2. The number of aromatic nitrogens is 7. The van der Waals surface area contributed by atoms with Crippen LogP contribution in [0.15, 0.2) is 95.5 Å². The highest BCUT2D eigenvalue weighted by Gasteiger charge is 2.26. The predicted octanol–water partition coefficient (Wildman–Crippen LogP) is 2.48. The summed E-state index contributed by atoms with van der Waals surface area (Å²) < 4.78 is 60.5. The number of pyridine rings is 3. The van der Waals surface area contributed by atoms with Crippen LogP contribution in [-0.4, -0.2) is 65.7 Å². The Morgan fingerprint density at radius 1 is 0.939 bits per heavy atom. The van der Waals surface area contributed by atoms with Gasteiger partial charge in [-0.3, -0.25) is 29.0 Å². The first-order valence-corrected chi connectivity index (χ1v) is 15.7. The van der Waals surface area contributed by atoms with Crippen molar-refractivity contribution in [2.24, 2.45) is 7.05 Å². The summed E-state index contributed by atoms with van der Waals surface area (Å²) in [4.78, 5) is 57.9. The summed E-state index contributed by atoms with van der Waals surface area (Å²) in [6.07, 6.45) is 8.21. The normalized spacial score (nSPS) is 12.1. The first-order valence-electron chi connectivity index (χ1n) is 14.2. The van der Waals surface area contributed by atoms with Crippen LogP contribution in [0.3, 0.4) is 0 Å². The number of carboxylic acid groups (broad SMARTS) is 1. The van der Waals surface area contributed by atoms with Gasteiger partial charge in [-0.05, 0) is 42.5 Å². The van der Waals surface area contributed by atoms with E-state index in [0.717, 1.165) is 6.07 Å². The molecule has 1 atom stereocenters. The molecular formula is C31H23F2N9O6S. The zero-order valence-corrected chi connectivity index (χ0v) is 26.0. The number of hydrogen-bond acceptors (Lipinski definition) is 10. The number of halogens is 2. The number of aryl methyl sites for hydroxylation is 1. The Morgan fingerprint density at radius 3 is 2.37 bits per heavy atom. The largest absolute Gasteiger partial charge is 0.480 e. The number of sulfonamides is 1. The molecule has 0 aliphatic carbocycles. The summed E-state index contributed by atoms with van der Waals surface area (Å²) in [5.41, 5.74) is -0.415. The van der Waals surface area contributed by atoms with E-state index in [1.54, 1.807) is 23.9 Å². The molecule has 0 saturated carbocycles. The predicted molar refractivity (Wildman–Crippen MR) is 169 cm³/mol. The number of anilines is 1. The number of carbonyl (C=O) groups is 2. The lowest BCUT2D eigenvalue weighted by molar-refractivity contribution is -0.139. The van der Waals surface area contributed by atoms with Gasteiger partial charge in [0.25, 0.3) is 21.5 Å². The molecule has 0 radical (unpaired) electrons. The van der Waals surface area contributed by atoms with Crippen molar-refractivity contribution in [1.29, 1.82) is 0 Å². The van der Waals surface area contributed by atoms with Crippen molar-refractivity contribution in [3.63, 3.8) is 0 Å². The molecule has 5 heterocycles. The van der Waals surface area contributed by atoms with Crippen LogP contribution in [-0.2, 0) is 28.3 Å². The van der Waals surface area contributed by atoms with Crippen molar-refractivity contribution in [3.05, 3.63) is 119 Å². The number of hydrogen-bond donors (Lipinski definition) is 3. The SMILES string of the molecule is Cn1c2cnccc2c(=O)n1-c1ccc(C[C@H](NC(=O)c2cc(F)c(NS(=O)(=O)c3ccc(-c4ncccn4)cn3)cc2F)C(=O)O)nc1. The van der Waals surface area contributed by atoms with Crippen LogP contribution in [0.4, 0.5) is 14.5 Å². The molecule has 0 bridgehead atoms. The second kappa shape index (κ2) is 13.0. The number of amides is 1. The Labute approximate surface area is 275 Å². The lowest BCUT2D eigenvalue weighted by atomic mass is 10.1. The van der Waals surface area contributed by atoms with E-state index < -0.39 is 55.9 Å². The molecule has 3 N–H and O–H groups in total. The quantitative estimate of drug-likeness (QED) is 0.191. The van der Waals surface area contributed by atoms with Crippen molar-refractivity contribution < 1.29 is 31.9 Å². The molecule has 0 unspecified atom stereocenters. The molecule has 15 nitrogen and oxygen atoms in total. The fourth-order valence-corrected chi connectivity index (χ4v) is 5.89. The van der Waals surface area contributed by atoms with Gasteiger partial charge < -0.3 is 10.4 Å².